The molecule has 0 saturated carbocycles. The number of alkyl halides is 5. The summed E-state index contributed by atoms with van der Waals surface area (Å²) >= 11 is 0. The van der Waals surface area contributed by atoms with Crippen LogP contribution in [-0.2, 0) is 6.54 Å². The number of rotatable bonds is 3. The van der Waals surface area contributed by atoms with Gasteiger partial charge in [0.15, 0.2) is 0 Å². The molecule has 0 aliphatic rings. The third-order valence-corrected chi connectivity index (χ3v) is 1.95. The van der Waals surface area contributed by atoms with Gasteiger partial charge in [0.1, 0.15) is 0 Å². The lowest BCUT2D eigenvalue weighted by Gasteiger charge is -2.14. The Morgan fingerprint density at radius 2 is 2.00 bits per heavy atom. The summed E-state index contributed by atoms with van der Waals surface area (Å²) in [5.74, 6) is -1.15. The number of hydrogen-bond donors (Lipinski definition) is 1. The number of halogens is 5. The molecule has 0 spiro atoms. The minimum Gasteiger partial charge on any atom is -0.387 e. The number of nitrogens with zero attached hydrogens (tertiary/aromatic N) is 1. The predicted molar refractivity (Wildman–Crippen MR) is 48.5 cm³/mol. The van der Waals surface area contributed by atoms with Gasteiger partial charge in [-0.15, -0.1) is 13.2 Å². The van der Waals surface area contributed by atoms with E-state index in [1.54, 1.807) is 0 Å². The first-order valence-corrected chi connectivity index (χ1v) is 4.49. The van der Waals surface area contributed by atoms with Crippen molar-refractivity contribution in [2.75, 3.05) is 0 Å². The van der Waals surface area contributed by atoms with Gasteiger partial charge in [-0.3, -0.25) is 0 Å². The Bertz CT molecular complexity index is 405. The van der Waals surface area contributed by atoms with Crippen LogP contribution in [0.15, 0.2) is 6.07 Å². The molecule has 1 aromatic rings. The van der Waals surface area contributed by atoms with Crippen LogP contribution in [0.5, 0.6) is 5.88 Å². The smallest absolute Gasteiger partial charge is 0.387 e. The highest BCUT2D eigenvalue weighted by atomic mass is 19.4. The fourth-order valence-corrected chi connectivity index (χ4v) is 1.21. The zero-order valence-electron chi connectivity index (χ0n) is 8.68. The molecule has 0 fully saturated rings. The Morgan fingerprint density at radius 1 is 1.41 bits per heavy atom. The van der Waals surface area contributed by atoms with Crippen LogP contribution in [0.4, 0.5) is 22.0 Å². The van der Waals surface area contributed by atoms with Gasteiger partial charge >= 0.3 is 6.36 Å². The second-order valence-corrected chi connectivity index (χ2v) is 3.20. The normalized spacial score (nSPS) is 12.0. The molecule has 0 bridgehead atoms. The Kier molecular flexibility index (Phi) is 3.87. The first-order valence-electron chi connectivity index (χ1n) is 4.49. The Labute approximate surface area is 93.4 Å². The van der Waals surface area contributed by atoms with E-state index in [0.717, 1.165) is 6.07 Å². The van der Waals surface area contributed by atoms with Crippen LogP contribution in [0.25, 0.3) is 0 Å². The maximum Gasteiger partial charge on any atom is 0.574 e. The molecule has 1 rings (SSSR count). The van der Waals surface area contributed by atoms with E-state index in [1.165, 1.54) is 6.92 Å². The molecule has 17 heavy (non-hydrogen) atoms. The van der Waals surface area contributed by atoms with E-state index in [-0.39, 0.29) is 17.8 Å². The molecule has 0 radical (unpaired) electrons. The van der Waals surface area contributed by atoms with Gasteiger partial charge < -0.3 is 10.5 Å². The maximum atomic E-state index is 12.5. The Morgan fingerprint density at radius 3 is 2.41 bits per heavy atom. The molecule has 8 heteroatoms. The van der Waals surface area contributed by atoms with Crippen molar-refractivity contribution in [2.45, 2.75) is 26.3 Å². The minimum atomic E-state index is -5.07. The quantitative estimate of drug-likeness (QED) is 0.846. The average molecular weight is 256 g/mol. The van der Waals surface area contributed by atoms with Gasteiger partial charge in [-0.2, -0.15) is 0 Å². The van der Waals surface area contributed by atoms with Crippen molar-refractivity contribution in [1.29, 1.82) is 0 Å². The fourth-order valence-electron chi connectivity index (χ4n) is 1.21. The Hall–Kier alpha value is -1.44. The van der Waals surface area contributed by atoms with Crippen molar-refractivity contribution in [3.8, 4) is 5.88 Å². The summed E-state index contributed by atoms with van der Waals surface area (Å²) in [5.41, 5.74) is 4.68. The van der Waals surface area contributed by atoms with Crippen LogP contribution in [0.3, 0.4) is 0 Å². The number of aryl methyl sites for hydroxylation is 1. The highest BCUT2D eigenvalue weighted by Crippen LogP contribution is 2.32. The zero-order chi connectivity index (χ0) is 13.2. The topological polar surface area (TPSA) is 48.1 Å². The standard InChI is InChI=1S/C9H9F5N2O/c1-4-2-5(7(10)11)8(16-6(4)3-15)17-9(12,13)14/h2,7H,3,15H2,1H3. The number of hydrogen-bond acceptors (Lipinski definition) is 3. The van der Waals surface area contributed by atoms with Crippen LogP contribution in [0, 0.1) is 6.92 Å². The van der Waals surface area contributed by atoms with Gasteiger partial charge in [0.05, 0.1) is 11.3 Å². The van der Waals surface area contributed by atoms with Gasteiger partial charge in [-0.1, -0.05) is 0 Å². The molecule has 0 unspecified atom stereocenters. The van der Waals surface area contributed by atoms with Crippen LogP contribution in [0.2, 0.25) is 0 Å². The van der Waals surface area contributed by atoms with Crippen molar-refractivity contribution >= 4 is 0 Å². The van der Waals surface area contributed by atoms with E-state index in [9.17, 15) is 22.0 Å². The van der Waals surface area contributed by atoms with Gasteiger partial charge in [0.25, 0.3) is 6.43 Å². The van der Waals surface area contributed by atoms with Crippen LogP contribution in [0.1, 0.15) is 23.2 Å². The molecule has 1 aromatic heterocycles. The lowest BCUT2D eigenvalue weighted by molar-refractivity contribution is -0.276. The highest BCUT2D eigenvalue weighted by Gasteiger charge is 2.34. The monoisotopic (exact) mass is 256 g/mol. The summed E-state index contributed by atoms with van der Waals surface area (Å²) in [5, 5.41) is 0. The molecule has 0 atom stereocenters. The molecule has 3 nitrogen and oxygen atoms in total. The second-order valence-electron chi connectivity index (χ2n) is 3.20. The lowest BCUT2D eigenvalue weighted by Crippen LogP contribution is -2.20. The molecule has 2 N–H and O–H groups in total. The van der Waals surface area contributed by atoms with Crippen molar-refractivity contribution in [1.82, 2.24) is 4.98 Å². The lowest BCUT2D eigenvalue weighted by atomic mass is 10.1. The summed E-state index contributed by atoms with van der Waals surface area (Å²) in [6.07, 6.45) is -8.18. The largest absolute Gasteiger partial charge is 0.574 e. The first-order chi connectivity index (χ1) is 7.74. The van der Waals surface area contributed by atoms with E-state index in [4.69, 9.17) is 5.73 Å². The molecular formula is C9H9F5N2O. The zero-order valence-corrected chi connectivity index (χ0v) is 8.68. The summed E-state index contributed by atoms with van der Waals surface area (Å²) in [4.78, 5) is 3.35. The van der Waals surface area contributed by atoms with E-state index < -0.39 is 24.2 Å². The molecule has 96 valence electrons. The third-order valence-electron chi connectivity index (χ3n) is 1.95. The number of aromatic nitrogens is 1. The molecule has 0 aliphatic carbocycles. The predicted octanol–water partition coefficient (Wildman–Crippen LogP) is 2.68. The second kappa shape index (κ2) is 4.82. The van der Waals surface area contributed by atoms with Gasteiger partial charge in [-0.25, -0.2) is 13.8 Å². The van der Waals surface area contributed by atoms with E-state index >= 15 is 0 Å². The van der Waals surface area contributed by atoms with E-state index in [2.05, 4.69) is 9.72 Å². The Balaban J connectivity index is 3.24. The SMILES string of the molecule is Cc1cc(C(F)F)c(OC(F)(F)F)nc1CN. The maximum absolute atomic E-state index is 12.5. The first kappa shape index (κ1) is 13.6. The van der Waals surface area contributed by atoms with Crippen molar-refractivity contribution in [2.24, 2.45) is 5.73 Å². The van der Waals surface area contributed by atoms with Crippen LogP contribution >= 0.6 is 0 Å². The van der Waals surface area contributed by atoms with Crippen molar-refractivity contribution in [3.63, 3.8) is 0 Å². The van der Waals surface area contributed by atoms with Gasteiger partial charge in [-0.05, 0) is 18.6 Å². The molecule has 0 saturated heterocycles. The summed E-state index contributed by atoms with van der Waals surface area (Å²) in [6.45, 7) is 1.27. The number of ether oxygens (including phenoxy) is 1. The van der Waals surface area contributed by atoms with Crippen molar-refractivity contribution < 1.29 is 26.7 Å². The fraction of sp³-hybridized carbons (Fsp3) is 0.444. The third kappa shape index (κ3) is 3.52. The van der Waals surface area contributed by atoms with E-state index in [0.29, 0.717) is 0 Å². The summed E-state index contributed by atoms with van der Waals surface area (Å²) in [7, 11) is 0. The minimum absolute atomic E-state index is 0.0775. The van der Waals surface area contributed by atoms with Crippen molar-refractivity contribution in [3.05, 3.63) is 22.9 Å². The van der Waals surface area contributed by atoms with Gasteiger partial charge in [0.2, 0.25) is 5.88 Å². The summed E-state index contributed by atoms with van der Waals surface area (Å²) in [6, 6.07) is 0.890. The molecule has 1 heterocycles. The highest BCUT2D eigenvalue weighted by molar-refractivity contribution is 5.34. The number of nitrogens with two attached hydrogens (primary N) is 1. The van der Waals surface area contributed by atoms with Gasteiger partial charge in [0, 0.05) is 6.54 Å². The number of pyridine rings is 1. The molecule has 0 amide bonds. The average Bonchev–Trinajstić information content (AvgIpc) is 2.17. The summed E-state index contributed by atoms with van der Waals surface area (Å²) < 4.78 is 64.4. The molecule has 0 aliphatic heterocycles. The van der Waals surface area contributed by atoms with E-state index in [1.807, 2.05) is 0 Å². The molecular weight excluding hydrogens is 247 g/mol. The van der Waals surface area contributed by atoms with Crippen LogP contribution < -0.4 is 10.5 Å². The molecule has 0 aromatic carbocycles. The van der Waals surface area contributed by atoms with Crippen LogP contribution in [-0.4, -0.2) is 11.3 Å².